The Morgan fingerprint density at radius 3 is 2.79 bits per heavy atom. The third-order valence-corrected chi connectivity index (χ3v) is 4.15. The molecule has 5 nitrogen and oxygen atoms in total. The molecule has 2 rings (SSSR count). The molecule has 0 aliphatic carbocycles. The van der Waals surface area contributed by atoms with Crippen molar-refractivity contribution in [2.24, 2.45) is 0 Å². The lowest BCUT2D eigenvalue weighted by Crippen LogP contribution is -2.24. The van der Waals surface area contributed by atoms with E-state index < -0.39 is 10.0 Å². The molecule has 1 heterocycles. The fourth-order valence-corrected chi connectivity index (χ4v) is 2.91. The minimum atomic E-state index is -3.70. The molecule has 0 fully saturated rings. The molecule has 0 spiro atoms. The molecule has 100 valence electrons. The molecule has 7 heteroatoms. The van der Waals surface area contributed by atoms with Gasteiger partial charge in [0.05, 0.1) is 5.69 Å². The minimum Gasteiger partial charge on any atom is -0.398 e. The van der Waals surface area contributed by atoms with E-state index in [4.69, 9.17) is 17.3 Å². The van der Waals surface area contributed by atoms with Crippen molar-refractivity contribution in [3.05, 3.63) is 53.3 Å². The van der Waals surface area contributed by atoms with Crippen LogP contribution in [0, 0.1) is 0 Å². The number of nitrogens with one attached hydrogen (secondary N) is 1. The van der Waals surface area contributed by atoms with Gasteiger partial charge in [-0.25, -0.2) is 13.1 Å². The van der Waals surface area contributed by atoms with Crippen LogP contribution in [0.15, 0.2) is 47.6 Å². The Bertz CT molecular complexity index is 675. The van der Waals surface area contributed by atoms with Gasteiger partial charge in [-0.1, -0.05) is 17.7 Å². The Hall–Kier alpha value is -1.63. The van der Waals surface area contributed by atoms with Gasteiger partial charge < -0.3 is 5.73 Å². The lowest BCUT2D eigenvalue weighted by atomic mass is 10.3. The predicted octanol–water partition coefficient (Wildman–Crippen LogP) is 1.80. The van der Waals surface area contributed by atoms with Crippen molar-refractivity contribution in [2.75, 3.05) is 5.73 Å². The standard InChI is InChI=1S/C12H12ClN3O2S/c13-10-3-4-11(14)12(6-10)19(17,18)16-8-9-2-1-5-15-7-9/h1-7,16H,8,14H2. The summed E-state index contributed by atoms with van der Waals surface area (Å²) >= 11 is 5.78. The number of anilines is 1. The van der Waals surface area contributed by atoms with E-state index in [1.165, 1.54) is 18.2 Å². The molecule has 1 aromatic carbocycles. The van der Waals surface area contributed by atoms with Crippen LogP contribution in [0.25, 0.3) is 0 Å². The van der Waals surface area contributed by atoms with Crippen molar-refractivity contribution < 1.29 is 8.42 Å². The molecular formula is C12H12ClN3O2S. The number of hydrogen-bond acceptors (Lipinski definition) is 4. The van der Waals surface area contributed by atoms with Crippen LogP contribution in [0.1, 0.15) is 5.56 Å². The van der Waals surface area contributed by atoms with Crippen molar-refractivity contribution in [2.45, 2.75) is 11.4 Å². The monoisotopic (exact) mass is 297 g/mol. The molecule has 3 N–H and O–H groups in total. The topological polar surface area (TPSA) is 85.1 Å². The van der Waals surface area contributed by atoms with Gasteiger partial charge in [0.2, 0.25) is 10.0 Å². The number of sulfonamides is 1. The van der Waals surface area contributed by atoms with E-state index >= 15 is 0 Å². The van der Waals surface area contributed by atoms with Gasteiger partial charge in [-0.2, -0.15) is 0 Å². The summed E-state index contributed by atoms with van der Waals surface area (Å²) in [5.74, 6) is 0. The van der Waals surface area contributed by atoms with E-state index in [1.54, 1.807) is 24.5 Å². The SMILES string of the molecule is Nc1ccc(Cl)cc1S(=O)(=O)NCc1cccnc1. The maximum Gasteiger partial charge on any atom is 0.242 e. The maximum absolute atomic E-state index is 12.1. The van der Waals surface area contributed by atoms with E-state index in [0.29, 0.717) is 5.02 Å². The predicted molar refractivity (Wildman–Crippen MR) is 74.1 cm³/mol. The van der Waals surface area contributed by atoms with Gasteiger partial charge in [0, 0.05) is 24.0 Å². The number of aromatic nitrogens is 1. The lowest BCUT2D eigenvalue weighted by Gasteiger charge is -2.09. The molecule has 0 aliphatic rings. The Labute approximate surface area is 116 Å². The van der Waals surface area contributed by atoms with E-state index in [9.17, 15) is 8.42 Å². The molecule has 1 aromatic heterocycles. The van der Waals surface area contributed by atoms with Gasteiger partial charge in [0.25, 0.3) is 0 Å². The number of nitrogens with zero attached hydrogens (tertiary/aromatic N) is 1. The molecule has 2 aromatic rings. The summed E-state index contributed by atoms with van der Waals surface area (Å²) in [6.45, 7) is 0.141. The van der Waals surface area contributed by atoms with Gasteiger partial charge in [0.1, 0.15) is 4.90 Å². The number of pyridine rings is 1. The zero-order chi connectivity index (χ0) is 13.9. The number of nitrogens with two attached hydrogens (primary N) is 1. The van der Waals surface area contributed by atoms with E-state index in [-0.39, 0.29) is 17.1 Å². The third-order valence-electron chi connectivity index (χ3n) is 2.45. The Balaban J connectivity index is 2.21. The van der Waals surface area contributed by atoms with E-state index in [0.717, 1.165) is 5.56 Å². The van der Waals surface area contributed by atoms with Crippen LogP contribution in [0.5, 0.6) is 0 Å². The van der Waals surface area contributed by atoms with E-state index in [2.05, 4.69) is 9.71 Å². The molecule has 0 radical (unpaired) electrons. The Kier molecular flexibility index (Phi) is 4.04. The van der Waals surface area contributed by atoms with Crippen molar-refractivity contribution >= 4 is 27.3 Å². The fourth-order valence-electron chi connectivity index (χ4n) is 1.50. The largest absolute Gasteiger partial charge is 0.398 e. The molecule has 0 unspecified atom stereocenters. The third kappa shape index (κ3) is 3.44. The number of hydrogen-bond donors (Lipinski definition) is 2. The average molecular weight is 298 g/mol. The average Bonchev–Trinajstić information content (AvgIpc) is 2.40. The van der Waals surface area contributed by atoms with Crippen molar-refractivity contribution in [3.63, 3.8) is 0 Å². The highest BCUT2D eigenvalue weighted by molar-refractivity contribution is 7.89. The highest BCUT2D eigenvalue weighted by atomic mass is 35.5. The number of benzene rings is 1. The summed E-state index contributed by atoms with van der Waals surface area (Å²) in [6.07, 6.45) is 3.21. The second-order valence-electron chi connectivity index (χ2n) is 3.87. The van der Waals surface area contributed by atoms with Crippen molar-refractivity contribution in [3.8, 4) is 0 Å². The van der Waals surface area contributed by atoms with Gasteiger partial charge >= 0.3 is 0 Å². The second-order valence-corrected chi connectivity index (χ2v) is 6.04. The van der Waals surface area contributed by atoms with Crippen LogP contribution in [0.3, 0.4) is 0 Å². The first-order chi connectivity index (χ1) is 8.99. The summed E-state index contributed by atoms with van der Waals surface area (Å²) < 4.78 is 26.7. The molecule has 0 bridgehead atoms. The normalized spacial score (nSPS) is 11.4. The van der Waals surface area contributed by atoms with Crippen molar-refractivity contribution in [1.82, 2.24) is 9.71 Å². The van der Waals surface area contributed by atoms with Crippen molar-refractivity contribution in [1.29, 1.82) is 0 Å². The molecule has 0 aliphatic heterocycles. The molecule has 19 heavy (non-hydrogen) atoms. The lowest BCUT2D eigenvalue weighted by molar-refractivity contribution is 0.581. The van der Waals surface area contributed by atoms with Gasteiger partial charge in [-0.3, -0.25) is 4.98 Å². The fraction of sp³-hybridized carbons (Fsp3) is 0.0833. The first-order valence-electron chi connectivity index (χ1n) is 5.42. The minimum absolute atomic E-state index is 0.0242. The Morgan fingerprint density at radius 1 is 1.32 bits per heavy atom. The number of rotatable bonds is 4. The zero-order valence-corrected chi connectivity index (χ0v) is 11.4. The molecule has 0 saturated heterocycles. The highest BCUT2D eigenvalue weighted by Crippen LogP contribution is 2.22. The number of halogens is 1. The van der Waals surface area contributed by atoms with Crippen LogP contribution in [-0.4, -0.2) is 13.4 Å². The summed E-state index contributed by atoms with van der Waals surface area (Å²) in [6, 6.07) is 7.83. The molecular weight excluding hydrogens is 286 g/mol. The van der Waals surface area contributed by atoms with Gasteiger partial charge in [-0.15, -0.1) is 0 Å². The summed E-state index contributed by atoms with van der Waals surface area (Å²) in [5.41, 5.74) is 6.57. The molecule has 0 atom stereocenters. The van der Waals surface area contributed by atoms with E-state index in [1.807, 2.05) is 0 Å². The second kappa shape index (κ2) is 5.56. The summed E-state index contributed by atoms with van der Waals surface area (Å²) in [7, 11) is -3.70. The van der Waals surface area contributed by atoms with Crippen LogP contribution < -0.4 is 10.5 Å². The van der Waals surface area contributed by atoms with Crippen LogP contribution in [0.2, 0.25) is 5.02 Å². The molecule has 0 amide bonds. The highest BCUT2D eigenvalue weighted by Gasteiger charge is 2.17. The first kappa shape index (κ1) is 13.8. The Morgan fingerprint density at radius 2 is 2.11 bits per heavy atom. The van der Waals surface area contributed by atoms with Gasteiger partial charge in [-0.05, 0) is 29.8 Å². The summed E-state index contributed by atoms with van der Waals surface area (Å²) in [4.78, 5) is 3.88. The zero-order valence-electron chi connectivity index (χ0n) is 9.88. The van der Waals surface area contributed by atoms with Crippen LogP contribution >= 0.6 is 11.6 Å². The van der Waals surface area contributed by atoms with Crippen LogP contribution in [0.4, 0.5) is 5.69 Å². The quantitative estimate of drug-likeness (QED) is 0.843. The number of nitrogen functional groups attached to an aromatic ring is 1. The first-order valence-corrected chi connectivity index (χ1v) is 7.29. The smallest absolute Gasteiger partial charge is 0.242 e. The van der Waals surface area contributed by atoms with Gasteiger partial charge in [0.15, 0.2) is 0 Å². The maximum atomic E-state index is 12.1. The van der Waals surface area contributed by atoms with Crippen LogP contribution in [-0.2, 0) is 16.6 Å². The summed E-state index contributed by atoms with van der Waals surface area (Å²) in [5, 5.41) is 0.316. The molecule has 0 saturated carbocycles.